The molecule has 0 aliphatic carbocycles. The van der Waals surface area contributed by atoms with Gasteiger partial charge in [0, 0.05) is 11.6 Å². The largest absolute Gasteiger partial charge is 0.507 e. The van der Waals surface area contributed by atoms with Crippen LogP contribution in [-0.2, 0) is 0 Å². The molecule has 0 heterocycles. The molecule has 1 rings (SSSR count). The van der Waals surface area contributed by atoms with E-state index >= 15 is 0 Å². The molecule has 0 fully saturated rings. The highest BCUT2D eigenvalue weighted by Crippen LogP contribution is 2.22. The zero-order chi connectivity index (χ0) is 12.8. The van der Waals surface area contributed by atoms with Gasteiger partial charge in [-0.05, 0) is 24.6 Å². The Hall–Kier alpha value is -1.73. The molecule has 1 N–H and O–H groups in total. The van der Waals surface area contributed by atoms with Gasteiger partial charge >= 0.3 is 0 Å². The number of phenols is 1. The summed E-state index contributed by atoms with van der Waals surface area (Å²) in [6.07, 6.45) is 0.745. The summed E-state index contributed by atoms with van der Waals surface area (Å²) in [5, 5.41) is 18.6. The number of aromatic hydroxyl groups is 1. The monoisotopic (exact) mass is 252 g/mol. The first kappa shape index (κ1) is 13.3. The quantitative estimate of drug-likeness (QED) is 0.837. The smallest absolute Gasteiger partial charge is 0.258 e. The van der Waals surface area contributed by atoms with Crippen molar-refractivity contribution in [3.8, 4) is 11.8 Å². The maximum absolute atomic E-state index is 12.1. The molecule has 0 bridgehead atoms. The summed E-state index contributed by atoms with van der Waals surface area (Å²) in [4.78, 5) is 13.4. The number of rotatable bonds is 4. The Morgan fingerprint density at radius 1 is 1.59 bits per heavy atom. The first-order valence-electron chi connectivity index (χ1n) is 5.25. The minimum atomic E-state index is -0.381. The van der Waals surface area contributed by atoms with E-state index in [1.54, 1.807) is 0 Å². The maximum Gasteiger partial charge on any atom is 0.258 e. The fraction of sp³-hybridized carbons (Fsp3) is 0.333. The second-order valence-electron chi connectivity index (χ2n) is 3.55. The maximum atomic E-state index is 12.1. The molecule has 0 aliphatic heterocycles. The lowest BCUT2D eigenvalue weighted by Crippen LogP contribution is -2.32. The highest BCUT2D eigenvalue weighted by molar-refractivity contribution is 6.31. The molecule has 0 spiro atoms. The Bertz CT molecular complexity index is 454. The molecule has 0 saturated heterocycles. The van der Waals surface area contributed by atoms with Crippen LogP contribution in [0.5, 0.6) is 5.75 Å². The van der Waals surface area contributed by atoms with Crippen LogP contribution in [0.3, 0.4) is 0 Å². The van der Waals surface area contributed by atoms with Crippen molar-refractivity contribution in [2.24, 2.45) is 0 Å². The van der Waals surface area contributed by atoms with Crippen LogP contribution in [0.1, 0.15) is 23.7 Å². The number of carbonyl (C=O) groups excluding carboxylic acids is 1. The van der Waals surface area contributed by atoms with Gasteiger partial charge in [-0.1, -0.05) is 18.5 Å². The van der Waals surface area contributed by atoms with E-state index in [-0.39, 0.29) is 23.8 Å². The molecule has 1 amide bonds. The third-order valence-electron chi connectivity index (χ3n) is 2.23. The van der Waals surface area contributed by atoms with Crippen molar-refractivity contribution in [1.82, 2.24) is 4.90 Å². The number of hydrogen-bond donors (Lipinski definition) is 1. The molecule has 0 unspecified atom stereocenters. The SMILES string of the molecule is CCCN(CC#N)C(=O)c1cc(Cl)ccc1O. The van der Waals surface area contributed by atoms with E-state index in [4.69, 9.17) is 16.9 Å². The molecule has 0 atom stereocenters. The van der Waals surface area contributed by atoms with Gasteiger partial charge in [0.25, 0.3) is 5.91 Å². The second-order valence-corrected chi connectivity index (χ2v) is 3.98. The Balaban J connectivity index is 3.00. The molecule has 0 aromatic heterocycles. The predicted octanol–water partition coefficient (Wildman–Crippen LogP) is 2.42. The van der Waals surface area contributed by atoms with Gasteiger partial charge in [0.2, 0.25) is 0 Å². The summed E-state index contributed by atoms with van der Waals surface area (Å²) in [6, 6.07) is 6.20. The van der Waals surface area contributed by atoms with Crippen LogP contribution in [0, 0.1) is 11.3 Å². The first-order chi connectivity index (χ1) is 8.10. The Kier molecular flexibility index (Phi) is 4.80. The summed E-state index contributed by atoms with van der Waals surface area (Å²) < 4.78 is 0. The highest BCUT2D eigenvalue weighted by atomic mass is 35.5. The molecule has 0 radical (unpaired) electrons. The number of nitrogens with zero attached hydrogens (tertiary/aromatic N) is 2. The average Bonchev–Trinajstić information content (AvgIpc) is 2.31. The first-order valence-corrected chi connectivity index (χ1v) is 5.62. The molecule has 5 heteroatoms. The molecule has 1 aromatic rings. The molecule has 0 saturated carbocycles. The number of halogens is 1. The van der Waals surface area contributed by atoms with Gasteiger partial charge in [0.15, 0.2) is 0 Å². The van der Waals surface area contributed by atoms with Gasteiger partial charge in [-0.25, -0.2) is 0 Å². The summed E-state index contributed by atoms with van der Waals surface area (Å²) in [5.74, 6) is -0.508. The third-order valence-corrected chi connectivity index (χ3v) is 2.47. The van der Waals surface area contributed by atoms with Gasteiger partial charge in [-0.2, -0.15) is 5.26 Å². The van der Waals surface area contributed by atoms with E-state index in [9.17, 15) is 9.90 Å². The third kappa shape index (κ3) is 3.36. The lowest BCUT2D eigenvalue weighted by Gasteiger charge is -2.19. The van der Waals surface area contributed by atoms with Crippen molar-refractivity contribution < 1.29 is 9.90 Å². The zero-order valence-corrected chi connectivity index (χ0v) is 10.2. The van der Waals surface area contributed by atoms with Crippen LogP contribution >= 0.6 is 11.6 Å². The summed E-state index contributed by atoms with van der Waals surface area (Å²) in [5.41, 5.74) is 0.126. The summed E-state index contributed by atoms with van der Waals surface area (Å²) in [7, 11) is 0. The molecule has 17 heavy (non-hydrogen) atoms. The summed E-state index contributed by atoms with van der Waals surface area (Å²) >= 11 is 5.77. The number of benzene rings is 1. The summed E-state index contributed by atoms with van der Waals surface area (Å²) in [6.45, 7) is 2.38. The molecular formula is C12H13ClN2O2. The van der Waals surface area contributed by atoms with E-state index in [2.05, 4.69) is 0 Å². The molecular weight excluding hydrogens is 240 g/mol. The van der Waals surface area contributed by atoms with Crippen molar-refractivity contribution >= 4 is 17.5 Å². The molecule has 4 nitrogen and oxygen atoms in total. The minimum absolute atomic E-state index is 0.00136. The van der Waals surface area contributed by atoms with Crippen LogP contribution < -0.4 is 0 Å². The van der Waals surface area contributed by atoms with Crippen molar-refractivity contribution in [2.45, 2.75) is 13.3 Å². The Labute approximate surface area is 105 Å². The van der Waals surface area contributed by atoms with Gasteiger partial charge in [0.1, 0.15) is 12.3 Å². The highest BCUT2D eigenvalue weighted by Gasteiger charge is 2.18. The van der Waals surface area contributed by atoms with Crippen LogP contribution in [0.25, 0.3) is 0 Å². The molecule has 1 aromatic carbocycles. The average molecular weight is 253 g/mol. The fourth-order valence-corrected chi connectivity index (χ4v) is 1.63. The fourth-order valence-electron chi connectivity index (χ4n) is 1.46. The van der Waals surface area contributed by atoms with Gasteiger partial charge in [-0.3, -0.25) is 4.79 Å². The van der Waals surface area contributed by atoms with Crippen molar-refractivity contribution in [3.05, 3.63) is 28.8 Å². The number of amides is 1. The number of phenolic OH excluding ortho intramolecular Hbond substituents is 1. The van der Waals surface area contributed by atoms with Crippen LogP contribution in [0.2, 0.25) is 5.02 Å². The number of hydrogen-bond acceptors (Lipinski definition) is 3. The topological polar surface area (TPSA) is 64.3 Å². The Morgan fingerprint density at radius 3 is 2.88 bits per heavy atom. The second kappa shape index (κ2) is 6.12. The molecule has 90 valence electrons. The van der Waals surface area contributed by atoms with E-state index in [0.29, 0.717) is 11.6 Å². The van der Waals surface area contributed by atoms with E-state index in [1.165, 1.54) is 23.1 Å². The van der Waals surface area contributed by atoms with E-state index < -0.39 is 0 Å². The minimum Gasteiger partial charge on any atom is -0.507 e. The number of nitriles is 1. The van der Waals surface area contributed by atoms with E-state index in [1.807, 2.05) is 13.0 Å². The Morgan fingerprint density at radius 2 is 2.29 bits per heavy atom. The lowest BCUT2D eigenvalue weighted by atomic mass is 10.1. The standard InChI is InChI=1S/C12H13ClN2O2/c1-2-6-15(7-5-14)12(17)10-8-9(13)3-4-11(10)16/h3-4,8,16H,2,6-7H2,1H3. The van der Waals surface area contributed by atoms with Crippen molar-refractivity contribution in [3.63, 3.8) is 0 Å². The van der Waals surface area contributed by atoms with Crippen LogP contribution in [0.15, 0.2) is 18.2 Å². The van der Waals surface area contributed by atoms with Crippen LogP contribution in [0.4, 0.5) is 0 Å². The van der Waals surface area contributed by atoms with Crippen LogP contribution in [-0.4, -0.2) is 29.0 Å². The normalized spacial score (nSPS) is 9.71. The van der Waals surface area contributed by atoms with E-state index in [0.717, 1.165) is 6.42 Å². The number of carbonyl (C=O) groups is 1. The zero-order valence-electron chi connectivity index (χ0n) is 9.48. The predicted molar refractivity (Wildman–Crippen MR) is 64.9 cm³/mol. The van der Waals surface area contributed by atoms with Crippen molar-refractivity contribution in [2.75, 3.05) is 13.1 Å². The van der Waals surface area contributed by atoms with Gasteiger partial charge in [-0.15, -0.1) is 0 Å². The van der Waals surface area contributed by atoms with Gasteiger partial charge < -0.3 is 10.0 Å². The van der Waals surface area contributed by atoms with Gasteiger partial charge in [0.05, 0.1) is 11.6 Å². The molecule has 0 aliphatic rings. The van der Waals surface area contributed by atoms with Crippen molar-refractivity contribution in [1.29, 1.82) is 5.26 Å². The lowest BCUT2D eigenvalue weighted by molar-refractivity contribution is 0.0773.